The topological polar surface area (TPSA) is 136 Å². The molecule has 1 aromatic rings. The van der Waals surface area contributed by atoms with Crippen LogP contribution in [0.25, 0.3) is 0 Å². The number of hydrogen-bond donors (Lipinski definition) is 2. The average Bonchev–Trinajstić information content (AvgIpc) is 2.28. The number of aliphatic carboxylic acids is 1. The molecule has 10 heteroatoms. The van der Waals surface area contributed by atoms with E-state index in [1.165, 1.54) is 0 Å². The van der Waals surface area contributed by atoms with Crippen molar-refractivity contribution in [2.45, 2.75) is 4.90 Å². The van der Waals surface area contributed by atoms with Gasteiger partial charge in [0, 0.05) is 12.1 Å². The van der Waals surface area contributed by atoms with Crippen LogP contribution in [0.4, 0.5) is 5.69 Å². The maximum Gasteiger partial charge on any atom is 0.331 e. The fourth-order valence-electron chi connectivity index (χ4n) is 0.964. The van der Waals surface area contributed by atoms with E-state index in [9.17, 15) is 23.3 Å². The molecule has 0 spiro atoms. The molecule has 0 aliphatic rings. The van der Waals surface area contributed by atoms with Crippen LogP contribution in [0.15, 0.2) is 29.2 Å². The number of nitrogens with zero attached hydrogens (tertiary/aromatic N) is 1. The van der Waals surface area contributed by atoms with E-state index in [0.29, 0.717) is 0 Å². The van der Waals surface area contributed by atoms with Crippen LogP contribution in [-0.2, 0) is 19.7 Å². The summed E-state index contributed by atoms with van der Waals surface area (Å²) in [6.07, 6.45) is 0. The van der Waals surface area contributed by atoms with Gasteiger partial charge in [-0.3, -0.25) is 15.0 Å². The van der Waals surface area contributed by atoms with Gasteiger partial charge >= 0.3 is 5.97 Å². The van der Waals surface area contributed by atoms with Gasteiger partial charge in [0.1, 0.15) is 0 Å². The molecule has 0 unspecified atom stereocenters. The summed E-state index contributed by atoms with van der Waals surface area (Å²) >= 11 is 0. The number of benzene rings is 1. The first-order valence-electron chi connectivity index (χ1n) is 4.43. The van der Waals surface area contributed by atoms with Crippen LogP contribution in [0, 0.1) is 10.1 Å². The largest absolute Gasteiger partial charge is 0.479 e. The minimum Gasteiger partial charge on any atom is -0.479 e. The highest BCUT2D eigenvalue weighted by molar-refractivity contribution is 7.89. The second-order valence-corrected chi connectivity index (χ2v) is 4.67. The highest BCUT2D eigenvalue weighted by atomic mass is 32.2. The van der Waals surface area contributed by atoms with Gasteiger partial charge in [-0.05, 0) is 12.1 Å². The molecule has 1 rings (SSSR count). The van der Waals surface area contributed by atoms with Crippen LogP contribution in [-0.4, -0.2) is 31.0 Å². The first kappa shape index (κ1) is 14.0. The van der Waals surface area contributed by atoms with Gasteiger partial charge in [-0.2, -0.15) is 0 Å². The van der Waals surface area contributed by atoms with Crippen LogP contribution in [0.3, 0.4) is 0 Å². The third-order valence-electron chi connectivity index (χ3n) is 1.72. The second-order valence-electron chi connectivity index (χ2n) is 3.02. The van der Waals surface area contributed by atoms with E-state index in [-0.39, 0.29) is 10.6 Å². The smallest absolute Gasteiger partial charge is 0.331 e. The minimum absolute atomic E-state index is 0.264. The van der Waals surface area contributed by atoms with Gasteiger partial charge in [0.05, 0.1) is 9.82 Å². The molecule has 0 radical (unpaired) electrons. The third-order valence-corrected chi connectivity index (χ3v) is 2.95. The van der Waals surface area contributed by atoms with Crippen LogP contribution in [0.1, 0.15) is 0 Å². The van der Waals surface area contributed by atoms with Crippen molar-refractivity contribution in [3.05, 3.63) is 34.4 Å². The monoisotopic (exact) mass is 276 g/mol. The quantitative estimate of drug-likeness (QED) is 0.546. The van der Waals surface area contributed by atoms with Gasteiger partial charge in [-0.1, -0.05) is 4.89 Å². The Bertz CT molecular complexity index is 551. The zero-order valence-electron chi connectivity index (χ0n) is 8.77. The molecule has 0 aromatic heterocycles. The maximum absolute atomic E-state index is 11.5. The molecule has 0 saturated carbocycles. The Kier molecular flexibility index (Phi) is 4.31. The van der Waals surface area contributed by atoms with Crippen molar-refractivity contribution in [3.8, 4) is 0 Å². The highest BCUT2D eigenvalue weighted by Gasteiger charge is 2.16. The van der Waals surface area contributed by atoms with Crippen LogP contribution < -0.4 is 4.89 Å². The lowest BCUT2D eigenvalue weighted by molar-refractivity contribution is -0.384. The number of non-ortho nitro benzene ring substituents is 1. The summed E-state index contributed by atoms with van der Waals surface area (Å²) in [6.45, 7) is -0.841. The fraction of sp³-hybridized carbons (Fsp3) is 0.125. The Hall–Kier alpha value is -2.04. The lowest BCUT2D eigenvalue weighted by atomic mass is 10.3. The van der Waals surface area contributed by atoms with Crippen LogP contribution in [0.5, 0.6) is 0 Å². The number of nitro benzene ring substituents is 1. The van der Waals surface area contributed by atoms with Crippen molar-refractivity contribution in [1.82, 2.24) is 4.89 Å². The van der Waals surface area contributed by atoms with Gasteiger partial charge in [-0.25, -0.2) is 13.2 Å². The molecule has 0 atom stereocenters. The van der Waals surface area contributed by atoms with Gasteiger partial charge < -0.3 is 5.11 Å². The predicted octanol–water partition coefficient (Wildman–Crippen LogP) is -0.111. The zero-order chi connectivity index (χ0) is 13.8. The average molecular weight is 276 g/mol. The van der Waals surface area contributed by atoms with Crippen molar-refractivity contribution < 1.29 is 28.1 Å². The first-order valence-corrected chi connectivity index (χ1v) is 5.91. The number of rotatable bonds is 6. The van der Waals surface area contributed by atoms with Crippen molar-refractivity contribution in [3.63, 3.8) is 0 Å². The van der Waals surface area contributed by atoms with E-state index in [1.54, 1.807) is 4.89 Å². The molecule has 0 fully saturated rings. The van der Waals surface area contributed by atoms with Gasteiger partial charge in [0.25, 0.3) is 15.7 Å². The summed E-state index contributed by atoms with van der Waals surface area (Å²) in [7, 11) is -4.06. The maximum atomic E-state index is 11.5. The molecule has 0 heterocycles. The zero-order valence-corrected chi connectivity index (χ0v) is 9.59. The van der Waals surface area contributed by atoms with Crippen molar-refractivity contribution in [1.29, 1.82) is 0 Å². The molecule has 98 valence electrons. The Morgan fingerprint density at radius 3 is 2.39 bits per heavy atom. The molecule has 1 aromatic carbocycles. The van der Waals surface area contributed by atoms with Gasteiger partial charge in [0.15, 0.2) is 6.61 Å². The highest BCUT2D eigenvalue weighted by Crippen LogP contribution is 2.15. The fourth-order valence-corrected chi connectivity index (χ4v) is 1.77. The third kappa shape index (κ3) is 3.76. The van der Waals surface area contributed by atoms with E-state index in [0.717, 1.165) is 24.3 Å². The Labute approximate surface area is 101 Å². The van der Waals surface area contributed by atoms with Crippen LogP contribution in [0.2, 0.25) is 0 Å². The second kappa shape index (κ2) is 5.53. The molecule has 0 bridgehead atoms. The number of carboxylic acids is 1. The molecule has 18 heavy (non-hydrogen) atoms. The normalized spacial score (nSPS) is 11.1. The van der Waals surface area contributed by atoms with E-state index in [2.05, 4.69) is 4.84 Å². The summed E-state index contributed by atoms with van der Waals surface area (Å²) in [5, 5.41) is 18.6. The summed E-state index contributed by atoms with van der Waals surface area (Å²) in [5.74, 6) is -1.35. The molecule has 0 saturated heterocycles. The number of nitro groups is 1. The summed E-state index contributed by atoms with van der Waals surface area (Å²) < 4.78 is 23.0. The molecule has 2 N–H and O–H groups in total. The van der Waals surface area contributed by atoms with Gasteiger partial charge in [-0.15, -0.1) is 0 Å². The molecule has 0 aliphatic heterocycles. The van der Waals surface area contributed by atoms with E-state index < -0.39 is 27.5 Å². The summed E-state index contributed by atoms with van der Waals surface area (Å²) in [5.41, 5.74) is -0.264. The predicted molar refractivity (Wildman–Crippen MR) is 57.0 cm³/mol. The minimum atomic E-state index is -4.06. The Balaban J connectivity index is 2.79. The SMILES string of the molecule is O=C(O)CONS(=O)(=O)c1ccc([N+](=O)[O-])cc1. The lowest BCUT2D eigenvalue weighted by Crippen LogP contribution is -2.26. The Morgan fingerprint density at radius 1 is 1.39 bits per heavy atom. The molecular weight excluding hydrogens is 268 g/mol. The van der Waals surface area contributed by atoms with Crippen molar-refractivity contribution in [2.75, 3.05) is 6.61 Å². The lowest BCUT2D eigenvalue weighted by Gasteiger charge is -2.05. The van der Waals surface area contributed by atoms with E-state index in [1.807, 2.05) is 0 Å². The van der Waals surface area contributed by atoms with E-state index in [4.69, 9.17) is 5.11 Å². The number of hydrogen-bond acceptors (Lipinski definition) is 6. The number of nitrogens with one attached hydrogen (secondary N) is 1. The van der Waals surface area contributed by atoms with Crippen molar-refractivity contribution in [2.24, 2.45) is 0 Å². The Morgan fingerprint density at radius 2 is 1.94 bits per heavy atom. The standard InChI is InChI=1S/C8H8N2O7S/c11-8(12)5-17-9-18(15,16)7-3-1-6(2-4-7)10(13)14/h1-4,9H,5H2,(H,11,12). The van der Waals surface area contributed by atoms with Crippen molar-refractivity contribution >= 4 is 21.7 Å². The molecular formula is C8H8N2O7S. The molecule has 0 aliphatic carbocycles. The van der Waals surface area contributed by atoms with Gasteiger partial charge in [0.2, 0.25) is 0 Å². The summed E-state index contributed by atoms with van der Waals surface area (Å²) in [4.78, 5) is 25.3. The number of carboxylic acid groups (broad SMARTS) is 1. The van der Waals surface area contributed by atoms with Crippen LogP contribution >= 0.6 is 0 Å². The number of carbonyl (C=O) groups is 1. The molecule has 9 nitrogen and oxygen atoms in total. The van der Waals surface area contributed by atoms with E-state index >= 15 is 0 Å². The first-order chi connectivity index (χ1) is 8.33. The molecule has 0 amide bonds. The summed E-state index contributed by atoms with van der Waals surface area (Å²) in [6, 6.07) is 4.02. The number of sulfonamides is 1.